The average molecular weight is 335 g/mol. The summed E-state index contributed by atoms with van der Waals surface area (Å²) < 4.78 is 5.77. The second kappa shape index (κ2) is 7.24. The number of carbonyl (C=O) groups excluding carboxylic acids is 1. The van der Waals surface area contributed by atoms with E-state index in [0.717, 1.165) is 22.2 Å². The molecule has 7 heteroatoms. The summed E-state index contributed by atoms with van der Waals surface area (Å²) in [6.07, 6.45) is 3.28. The first-order chi connectivity index (χ1) is 10.5. The van der Waals surface area contributed by atoms with E-state index in [1.165, 1.54) is 0 Å². The number of carbonyl (C=O) groups is 2. The molecular weight excluding hydrogens is 322 g/mol. The van der Waals surface area contributed by atoms with E-state index in [1.807, 2.05) is 18.2 Å². The fraction of sp³-hybridized carbons (Fsp3) is 0.133. The molecule has 0 radical (unpaired) electrons. The van der Waals surface area contributed by atoms with Crippen molar-refractivity contribution in [1.82, 2.24) is 4.90 Å². The van der Waals surface area contributed by atoms with E-state index in [9.17, 15) is 9.59 Å². The average Bonchev–Trinajstić information content (AvgIpc) is 2.73. The van der Waals surface area contributed by atoms with Crippen LogP contribution in [0.2, 0.25) is 0 Å². The number of nitrogens with zero attached hydrogens (tertiary/aromatic N) is 1. The second-order valence-electron chi connectivity index (χ2n) is 4.30. The highest BCUT2D eigenvalue weighted by Gasteiger charge is 2.33. The van der Waals surface area contributed by atoms with E-state index < -0.39 is 18.4 Å². The van der Waals surface area contributed by atoms with Gasteiger partial charge < -0.3 is 9.84 Å². The van der Waals surface area contributed by atoms with Crippen LogP contribution in [0.15, 0.2) is 41.8 Å². The van der Waals surface area contributed by atoms with Crippen molar-refractivity contribution in [1.29, 1.82) is 0 Å². The highest BCUT2D eigenvalue weighted by atomic mass is 32.2. The molecule has 1 heterocycles. The number of hydrogen-bond donors (Lipinski definition) is 1. The van der Waals surface area contributed by atoms with Crippen LogP contribution in [0.5, 0.6) is 5.75 Å². The number of hydrogen-bond acceptors (Lipinski definition) is 5. The Morgan fingerprint density at radius 3 is 2.86 bits per heavy atom. The van der Waals surface area contributed by atoms with Crippen molar-refractivity contribution in [2.45, 2.75) is 0 Å². The number of carboxylic acid groups (broad SMARTS) is 1. The molecule has 0 unspecified atom stereocenters. The Morgan fingerprint density at radius 1 is 1.45 bits per heavy atom. The van der Waals surface area contributed by atoms with Gasteiger partial charge in [0.1, 0.15) is 23.2 Å². The van der Waals surface area contributed by atoms with Crippen molar-refractivity contribution in [2.75, 3.05) is 13.2 Å². The summed E-state index contributed by atoms with van der Waals surface area (Å²) in [5.41, 5.74) is 0.722. The van der Waals surface area contributed by atoms with Crippen molar-refractivity contribution in [2.24, 2.45) is 0 Å². The molecule has 22 heavy (non-hydrogen) atoms. The minimum atomic E-state index is -1.10. The number of carboxylic acids is 1. The van der Waals surface area contributed by atoms with Gasteiger partial charge in [-0.3, -0.25) is 14.5 Å². The van der Waals surface area contributed by atoms with Gasteiger partial charge in [0.25, 0.3) is 5.91 Å². The summed E-state index contributed by atoms with van der Waals surface area (Å²) >= 11 is 6.13. The van der Waals surface area contributed by atoms with Gasteiger partial charge in [0.05, 0.1) is 4.91 Å². The van der Waals surface area contributed by atoms with Gasteiger partial charge in [-0.15, -0.1) is 0 Å². The molecule has 1 fully saturated rings. The van der Waals surface area contributed by atoms with E-state index in [1.54, 1.807) is 18.2 Å². The van der Waals surface area contributed by atoms with Crippen molar-refractivity contribution >= 4 is 46.3 Å². The number of para-hydroxylation sites is 1. The first-order valence-electron chi connectivity index (χ1n) is 6.33. The molecular formula is C15H13NO4S2. The predicted molar refractivity (Wildman–Crippen MR) is 89.6 cm³/mol. The van der Waals surface area contributed by atoms with Crippen molar-refractivity contribution in [3.63, 3.8) is 0 Å². The Hall–Kier alpha value is -2.12. The molecule has 1 aliphatic rings. The third-order valence-corrected chi connectivity index (χ3v) is 4.11. The molecule has 1 aliphatic heterocycles. The molecule has 1 aromatic rings. The maximum absolute atomic E-state index is 12.2. The van der Waals surface area contributed by atoms with Gasteiger partial charge in [-0.05, 0) is 12.1 Å². The lowest BCUT2D eigenvalue weighted by atomic mass is 10.2. The first kappa shape index (κ1) is 16.3. The van der Waals surface area contributed by atoms with Gasteiger partial charge in [0.2, 0.25) is 0 Å². The zero-order valence-corrected chi connectivity index (χ0v) is 13.2. The normalized spacial score (nSPS) is 16.2. The Morgan fingerprint density at radius 2 is 2.18 bits per heavy atom. The maximum Gasteiger partial charge on any atom is 0.323 e. The molecule has 0 atom stereocenters. The number of rotatable bonds is 6. The molecule has 0 bridgehead atoms. The van der Waals surface area contributed by atoms with Gasteiger partial charge in [0.15, 0.2) is 0 Å². The third kappa shape index (κ3) is 3.75. The first-order valence-corrected chi connectivity index (χ1v) is 7.55. The summed E-state index contributed by atoms with van der Waals surface area (Å²) in [4.78, 5) is 24.4. The lowest BCUT2D eigenvalue weighted by Crippen LogP contribution is -2.33. The fourth-order valence-electron chi connectivity index (χ4n) is 1.79. The topological polar surface area (TPSA) is 66.8 Å². The number of amides is 1. The third-order valence-electron chi connectivity index (χ3n) is 2.73. The Balaban J connectivity index is 2.27. The van der Waals surface area contributed by atoms with E-state index in [4.69, 9.17) is 22.1 Å². The van der Waals surface area contributed by atoms with Crippen LogP contribution in [0.1, 0.15) is 5.56 Å². The second-order valence-corrected chi connectivity index (χ2v) is 5.97. The minimum absolute atomic E-state index is 0.239. The van der Waals surface area contributed by atoms with Crippen LogP contribution < -0.4 is 4.74 Å². The maximum atomic E-state index is 12.2. The van der Waals surface area contributed by atoms with E-state index in [-0.39, 0.29) is 4.32 Å². The molecule has 0 aromatic heterocycles. The number of aliphatic carboxylic acids is 1. The lowest BCUT2D eigenvalue weighted by Gasteiger charge is -2.10. The molecule has 1 aromatic carbocycles. The largest absolute Gasteiger partial charge is 0.489 e. The molecule has 1 N–H and O–H groups in total. The molecule has 1 amide bonds. The zero-order chi connectivity index (χ0) is 16.1. The standard InChI is InChI=1S/C15H13NO4S2/c1-2-7-20-11-6-4-3-5-10(11)8-12-14(19)16(9-13(17)18)15(21)22-12/h2-6,8H,1,7,9H2,(H,17,18)/b12-8+. The summed E-state index contributed by atoms with van der Waals surface area (Å²) in [6.45, 7) is 3.51. The van der Waals surface area contributed by atoms with Crippen molar-refractivity contribution < 1.29 is 19.4 Å². The quantitative estimate of drug-likeness (QED) is 0.489. The monoisotopic (exact) mass is 335 g/mol. The molecule has 5 nitrogen and oxygen atoms in total. The van der Waals surface area contributed by atoms with Crippen LogP contribution in [0.3, 0.4) is 0 Å². The highest BCUT2D eigenvalue weighted by molar-refractivity contribution is 8.26. The van der Waals surface area contributed by atoms with Crippen molar-refractivity contribution in [3.05, 3.63) is 47.4 Å². The number of benzene rings is 1. The molecule has 114 valence electrons. The molecule has 1 saturated heterocycles. The van der Waals surface area contributed by atoms with Gasteiger partial charge in [-0.25, -0.2) is 0 Å². The molecule has 0 spiro atoms. The predicted octanol–water partition coefficient (Wildman–Crippen LogP) is 2.54. The zero-order valence-electron chi connectivity index (χ0n) is 11.5. The lowest BCUT2D eigenvalue weighted by molar-refractivity contribution is -0.140. The Bertz CT molecular complexity index is 669. The number of thioether (sulfide) groups is 1. The van der Waals surface area contributed by atoms with Gasteiger partial charge in [0, 0.05) is 5.56 Å². The SMILES string of the molecule is C=CCOc1ccccc1/C=C1/SC(=S)N(CC(=O)O)C1=O. The minimum Gasteiger partial charge on any atom is -0.489 e. The van der Waals surface area contributed by atoms with Crippen LogP contribution in [-0.2, 0) is 9.59 Å². The highest BCUT2D eigenvalue weighted by Crippen LogP contribution is 2.34. The Labute approximate surface area is 137 Å². The van der Waals surface area contributed by atoms with Gasteiger partial charge in [-0.2, -0.15) is 0 Å². The smallest absolute Gasteiger partial charge is 0.323 e. The van der Waals surface area contributed by atoms with E-state index in [0.29, 0.717) is 17.3 Å². The fourth-order valence-corrected chi connectivity index (χ4v) is 3.04. The van der Waals surface area contributed by atoms with Crippen LogP contribution in [-0.4, -0.2) is 39.4 Å². The molecule has 0 saturated carbocycles. The van der Waals surface area contributed by atoms with Crippen LogP contribution in [0, 0.1) is 0 Å². The van der Waals surface area contributed by atoms with Crippen LogP contribution in [0.4, 0.5) is 0 Å². The number of ether oxygens (including phenoxy) is 1. The van der Waals surface area contributed by atoms with Crippen LogP contribution in [0.25, 0.3) is 6.08 Å². The summed E-state index contributed by atoms with van der Waals surface area (Å²) in [6, 6.07) is 7.24. The Kier molecular flexibility index (Phi) is 5.35. The number of thiocarbonyl (C=S) groups is 1. The van der Waals surface area contributed by atoms with Gasteiger partial charge in [-0.1, -0.05) is 54.8 Å². The molecule has 0 aliphatic carbocycles. The molecule has 2 rings (SSSR count). The summed E-state index contributed by atoms with van der Waals surface area (Å²) in [5.74, 6) is -0.894. The van der Waals surface area contributed by atoms with Crippen LogP contribution >= 0.6 is 24.0 Å². The summed E-state index contributed by atoms with van der Waals surface area (Å²) in [7, 11) is 0. The van der Waals surface area contributed by atoms with Gasteiger partial charge >= 0.3 is 5.97 Å². The van der Waals surface area contributed by atoms with E-state index >= 15 is 0 Å². The summed E-state index contributed by atoms with van der Waals surface area (Å²) in [5, 5.41) is 8.82. The van der Waals surface area contributed by atoms with Crippen molar-refractivity contribution in [3.8, 4) is 5.75 Å². The van der Waals surface area contributed by atoms with E-state index in [2.05, 4.69) is 6.58 Å².